The first-order valence-corrected chi connectivity index (χ1v) is 12.7. The number of methoxy groups -OCH3 is 1. The summed E-state index contributed by atoms with van der Waals surface area (Å²) in [4.78, 5) is 14.1. The number of benzene rings is 3. The number of rotatable bonds is 6. The first-order valence-electron chi connectivity index (χ1n) is 9.64. The second-order valence-corrected chi connectivity index (χ2v) is 11.5. The first kappa shape index (κ1) is 23.0. The maximum absolute atomic E-state index is 13.6. The van der Waals surface area contributed by atoms with Crippen molar-refractivity contribution in [1.82, 2.24) is 4.31 Å². The fourth-order valence-corrected chi connectivity index (χ4v) is 7.74. The van der Waals surface area contributed by atoms with E-state index in [1.807, 2.05) is 36.4 Å². The van der Waals surface area contributed by atoms with Crippen molar-refractivity contribution in [3.05, 3.63) is 90.5 Å². The zero-order valence-corrected chi connectivity index (χ0v) is 20.0. The minimum atomic E-state index is -4.26. The van der Waals surface area contributed by atoms with Crippen LogP contribution in [-0.4, -0.2) is 35.4 Å². The molecule has 2 atom stereocenters. The molecule has 9 heteroatoms. The van der Waals surface area contributed by atoms with Crippen molar-refractivity contribution < 1.29 is 17.9 Å². The van der Waals surface area contributed by atoms with Gasteiger partial charge in [-0.2, -0.15) is 0 Å². The Bertz CT molecular complexity index is 1200. The van der Waals surface area contributed by atoms with Gasteiger partial charge in [-0.3, -0.25) is 4.79 Å². The van der Waals surface area contributed by atoms with Crippen molar-refractivity contribution in [1.29, 1.82) is 0 Å². The number of halogens is 2. The number of alkyl halides is 2. The van der Waals surface area contributed by atoms with E-state index in [1.165, 1.54) is 43.1 Å². The number of nitrogens with zero attached hydrogens (tertiary/aromatic N) is 1. The number of ether oxygens (including phenoxy) is 1. The molecule has 1 fully saturated rings. The minimum absolute atomic E-state index is 0.0526. The van der Waals surface area contributed by atoms with Gasteiger partial charge in [0.1, 0.15) is 11.1 Å². The maximum Gasteiger partial charge on any atom is 0.274 e. The van der Waals surface area contributed by atoms with Gasteiger partial charge in [-0.15, -0.1) is 0 Å². The van der Waals surface area contributed by atoms with Crippen molar-refractivity contribution >= 4 is 50.9 Å². The molecule has 3 aromatic carbocycles. The summed E-state index contributed by atoms with van der Waals surface area (Å²) in [6, 6.07) is 24.1. The molecule has 0 bridgehead atoms. The Balaban J connectivity index is 1.85. The molecule has 0 unspecified atom stereocenters. The predicted molar refractivity (Wildman–Crippen MR) is 127 cm³/mol. The largest absolute Gasteiger partial charge is 0.497 e. The predicted octanol–water partition coefficient (Wildman–Crippen LogP) is 5.30. The summed E-state index contributed by atoms with van der Waals surface area (Å²) in [7, 11) is -2.77. The Morgan fingerprint density at radius 3 is 2.03 bits per heavy atom. The smallest absolute Gasteiger partial charge is 0.274 e. The van der Waals surface area contributed by atoms with Crippen LogP contribution in [0.5, 0.6) is 5.75 Å². The molecule has 0 radical (unpaired) electrons. The van der Waals surface area contributed by atoms with Crippen molar-refractivity contribution in [2.75, 3.05) is 7.11 Å². The van der Waals surface area contributed by atoms with Gasteiger partial charge in [-0.25, -0.2) is 12.7 Å². The van der Waals surface area contributed by atoms with E-state index in [0.717, 1.165) is 9.20 Å². The highest BCUT2D eigenvalue weighted by Crippen LogP contribution is 2.55. The summed E-state index contributed by atoms with van der Waals surface area (Å²) in [6.07, 6.45) is 0. The molecule has 32 heavy (non-hydrogen) atoms. The highest BCUT2D eigenvalue weighted by Gasteiger charge is 2.62. The second-order valence-electron chi connectivity index (χ2n) is 7.11. The molecular weight excluding hydrogens is 489 g/mol. The van der Waals surface area contributed by atoms with Gasteiger partial charge in [0.2, 0.25) is 4.33 Å². The van der Waals surface area contributed by atoms with Gasteiger partial charge < -0.3 is 4.74 Å². The summed E-state index contributed by atoms with van der Waals surface area (Å²) >= 11 is 14.4. The zero-order valence-electron chi connectivity index (χ0n) is 16.9. The minimum Gasteiger partial charge on any atom is -0.497 e. The average molecular weight is 508 g/mol. The summed E-state index contributed by atoms with van der Waals surface area (Å²) in [5.74, 6) is -1.17. The number of amides is 1. The van der Waals surface area contributed by atoms with E-state index in [4.69, 9.17) is 27.9 Å². The lowest BCUT2D eigenvalue weighted by atomic mass is 9.97. The molecule has 0 aliphatic carbocycles. The molecule has 0 aromatic heterocycles. The lowest BCUT2D eigenvalue weighted by molar-refractivity contribution is -0.124. The van der Waals surface area contributed by atoms with Crippen LogP contribution in [0.25, 0.3) is 0 Å². The molecule has 166 valence electrons. The van der Waals surface area contributed by atoms with Crippen LogP contribution < -0.4 is 4.74 Å². The van der Waals surface area contributed by atoms with Gasteiger partial charge in [0, 0.05) is 4.90 Å². The van der Waals surface area contributed by atoms with Gasteiger partial charge in [0.05, 0.1) is 17.9 Å². The molecule has 0 saturated carbocycles. The standard InChI is InChI=1S/C23H19Cl2NO4S2/c1-30-17-12-14-19(15-13-17)32(28,29)26-21(31-18-10-6-3-7-11-18)20(23(24,25)22(26)27)16-8-4-2-5-9-16/h2-15,20-21H,1H3/t20-,21-/m1/s1. The SMILES string of the molecule is COc1ccc(S(=O)(=O)N2C(=O)C(Cl)(Cl)[C@H](c3ccccc3)[C@H]2Sc2ccccc2)cc1. The van der Waals surface area contributed by atoms with Gasteiger partial charge in [-0.1, -0.05) is 83.5 Å². The molecular formula is C23H19Cl2NO4S2. The first-order chi connectivity index (χ1) is 15.3. The topological polar surface area (TPSA) is 63.7 Å². The average Bonchev–Trinajstić information content (AvgIpc) is 3.00. The summed E-state index contributed by atoms with van der Waals surface area (Å²) < 4.78 is 31.3. The third kappa shape index (κ3) is 4.10. The van der Waals surface area contributed by atoms with Gasteiger partial charge in [-0.05, 0) is 42.0 Å². The third-order valence-corrected chi connectivity index (χ3v) is 9.14. The van der Waals surface area contributed by atoms with Gasteiger partial charge in [0.25, 0.3) is 15.9 Å². The van der Waals surface area contributed by atoms with E-state index < -0.39 is 31.6 Å². The number of carbonyl (C=O) groups is 1. The van der Waals surface area contributed by atoms with Crippen molar-refractivity contribution in [2.45, 2.75) is 25.4 Å². The van der Waals surface area contributed by atoms with E-state index in [2.05, 4.69) is 0 Å². The highest BCUT2D eigenvalue weighted by atomic mass is 35.5. The molecule has 1 aliphatic heterocycles. The second kappa shape index (κ2) is 8.98. The fraction of sp³-hybridized carbons (Fsp3) is 0.174. The van der Waals surface area contributed by atoms with Crippen molar-refractivity contribution in [3.63, 3.8) is 0 Å². The van der Waals surface area contributed by atoms with Crippen molar-refractivity contribution in [2.24, 2.45) is 0 Å². The summed E-state index contributed by atoms with van der Waals surface area (Å²) in [5.41, 5.74) is 0.673. The Morgan fingerprint density at radius 1 is 0.906 bits per heavy atom. The summed E-state index contributed by atoms with van der Waals surface area (Å²) in [6.45, 7) is 0. The van der Waals surface area contributed by atoms with Crippen LogP contribution in [0, 0.1) is 0 Å². The molecule has 1 aliphatic rings. The molecule has 3 aromatic rings. The van der Waals surface area contributed by atoms with Crippen LogP contribution in [0.4, 0.5) is 0 Å². The molecule has 0 spiro atoms. The molecule has 1 amide bonds. The molecule has 1 heterocycles. The molecule has 4 rings (SSSR count). The Kier molecular flexibility index (Phi) is 6.45. The number of hydrogen-bond donors (Lipinski definition) is 0. The van der Waals surface area contributed by atoms with E-state index in [0.29, 0.717) is 11.3 Å². The molecule has 5 nitrogen and oxygen atoms in total. The van der Waals surface area contributed by atoms with Crippen LogP contribution in [0.3, 0.4) is 0 Å². The Morgan fingerprint density at radius 2 is 1.47 bits per heavy atom. The van der Waals surface area contributed by atoms with Gasteiger partial charge in [0.15, 0.2) is 0 Å². The Hall–Kier alpha value is -2.19. The molecule has 0 N–H and O–H groups in total. The van der Waals surface area contributed by atoms with Crippen LogP contribution in [0.1, 0.15) is 11.5 Å². The Labute approximate surface area is 201 Å². The quantitative estimate of drug-likeness (QED) is 0.423. The number of carbonyl (C=O) groups excluding carboxylic acids is 1. The van der Waals surface area contributed by atoms with E-state index >= 15 is 0 Å². The monoisotopic (exact) mass is 507 g/mol. The third-order valence-electron chi connectivity index (χ3n) is 5.17. The van der Waals surface area contributed by atoms with Crippen LogP contribution in [-0.2, 0) is 14.8 Å². The summed E-state index contributed by atoms with van der Waals surface area (Å²) in [5, 5.41) is -0.894. The fourth-order valence-electron chi connectivity index (χ4n) is 3.61. The number of thioether (sulfide) groups is 1. The van der Waals surface area contributed by atoms with E-state index in [-0.39, 0.29) is 4.90 Å². The lowest BCUT2D eigenvalue weighted by Crippen LogP contribution is -2.39. The number of sulfonamides is 1. The maximum atomic E-state index is 13.6. The number of hydrogen-bond acceptors (Lipinski definition) is 5. The lowest BCUT2D eigenvalue weighted by Gasteiger charge is -2.27. The van der Waals surface area contributed by atoms with Crippen LogP contribution >= 0.6 is 35.0 Å². The normalized spacial score (nSPS) is 20.3. The van der Waals surface area contributed by atoms with E-state index in [9.17, 15) is 13.2 Å². The molecule has 1 saturated heterocycles. The highest BCUT2D eigenvalue weighted by molar-refractivity contribution is 8.01. The van der Waals surface area contributed by atoms with Crippen LogP contribution in [0.2, 0.25) is 0 Å². The van der Waals surface area contributed by atoms with Crippen molar-refractivity contribution in [3.8, 4) is 5.75 Å². The van der Waals surface area contributed by atoms with Crippen LogP contribution in [0.15, 0.2) is 94.7 Å². The van der Waals surface area contributed by atoms with Gasteiger partial charge >= 0.3 is 0 Å². The van der Waals surface area contributed by atoms with E-state index in [1.54, 1.807) is 24.3 Å². The zero-order chi connectivity index (χ0) is 22.9.